The van der Waals surface area contributed by atoms with Crippen molar-refractivity contribution in [3.63, 3.8) is 0 Å². The van der Waals surface area contributed by atoms with Gasteiger partial charge in [-0.25, -0.2) is 4.98 Å². The lowest BCUT2D eigenvalue weighted by Crippen LogP contribution is -1.76. The van der Waals surface area contributed by atoms with Crippen molar-refractivity contribution in [1.82, 2.24) is 4.98 Å². The first-order valence-electron chi connectivity index (χ1n) is 2.72. The molecular weight excluding hydrogens is 169 g/mol. The standard InChI is InChI=1S/C7H5Cl2N/c8-4-3-6-2-1-5-10-7(6)9/h1-5H/b4-3+. The van der Waals surface area contributed by atoms with Gasteiger partial charge in [0.25, 0.3) is 0 Å². The second-order valence-electron chi connectivity index (χ2n) is 1.68. The van der Waals surface area contributed by atoms with Gasteiger partial charge in [0.05, 0.1) is 0 Å². The molecule has 0 amide bonds. The molecule has 0 spiro atoms. The molecule has 1 rings (SSSR count). The van der Waals surface area contributed by atoms with Crippen molar-refractivity contribution < 1.29 is 0 Å². The highest BCUT2D eigenvalue weighted by molar-refractivity contribution is 6.31. The molecule has 1 aromatic heterocycles. The van der Waals surface area contributed by atoms with Crippen LogP contribution in [0.5, 0.6) is 0 Å². The summed E-state index contributed by atoms with van der Waals surface area (Å²) in [7, 11) is 0. The van der Waals surface area contributed by atoms with Crippen LogP contribution in [0.3, 0.4) is 0 Å². The van der Waals surface area contributed by atoms with Gasteiger partial charge in [-0.05, 0) is 12.1 Å². The molecule has 0 saturated carbocycles. The van der Waals surface area contributed by atoms with E-state index in [1.54, 1.807) is 18.3 Å². The maximum absolute atomic E-state index is 5.68. The highest BCUT2D eigenvalue weighted by Gasteiger charge is 1.92. The molecule has 1 heterocycles. The molecule has 0 N–H and O–H groups in total. The molecule has 0 atom stereocenters. The van der Waals surface area contributed by atoms with Gasteiger partial charge in [-0.15, -0.1) is 0 Å². The lowest BCUT2D eigenvalue weighted by Gasteiger charge is -1.92. The van der Waals surface area contributed by atoms with Gasteiger partial charge >= 0.3 is 0 Å². The van der Waals surface area contributed by atoms with Crippen molar-refractivity contribution in [3.8, 4) is 0 Å². The molecule has 52 valence electrons. The minimum atomic E-state index is 0.472. The number of hydrogen-bond acceptors (Lipinski definition) is 1. The maximum atomic E-state index is 5.68. The van der Waals surface area contributed by atoms with Crippen molar-refractivity contribution in [1.29, 1.82) is 0 Å². The van der Waals surface area contributed by atoms with Crippen molar-refractivity contribution in [2.24, 2.45) is 0 Å². The van der Waals surface area contributed by atoms with E-state index in [-0.39, 0.29) is 0 Å². The van der Waals surface area contributed by atoms with Gasteiger partial charge in [0.1, 0.15) is 5.15 Å². The smallest absolute Gasteiger partial charge is 0.136 e. The Labute approximate surface area is 69.3 Å². The summed E-state index contributed by atoms with van der Waals surface area (Å²) in [4.78, 5) is 3.85. The van der Waals surface area contributed by atoms with E-state index in [2.05, 4.69) is 4.98 Å². The van der Waals surface area contributed by atoms with E-state index in [9.17, 15) is 0 Å². The number of pyridine rings is 1. The maximum Gasteiger partial charge on any atom is 0.136 e. The monoisotopic (exact) mass is 173 g/mol. The van der Waals surface area contributed by atoms with Crippen LogP contribution in [0.15, 0.2) is 23.9 Å². The topological polar surface area (TPSA) is 12.9 Å². The molecule has 0 aliphatic heterocycles. The first-order valence-corrected chi connectivity index (χ1v) is 3.53. The van der Waals surface area contributed by atoms with Gasteiger partial charge < -0.3 is 0 Å². The van der Waals surface area contributed by atoms with E-state index in [1.165, 1.54) is 5.54 Å². The minimum Gasteiger partial charge on any atom is -0.244 e. The average molecular weight is 174 g/mol. The van der Waals surface area contributed by atoms with E-state index in [1.807, 2.05) is 6.07 Å². The van der Waals surface area contributed by atoms with E-state index in [0.29, 0.717) is 5.15 Å². The van der Waals surface area contributed by atoms with E-state index in [0.717, 1.165) is 5.56 Å². The Kier molecular flexibility index (Phi) is 2.72. The van der Waals surface area contributed by atoms with Crippen LogP contribution in [0, 0.1) is 0 Å². The van der Waals surface area contributed by atoms with Crippen LogP contribution < -0.4 is 0 Å². The van der Waals surface area contributed by atoms with Gasteiger partial charge in [0.15, 0.2) is 0 Å². The molecule has 0 saturated heterocycles. The van der Waals surface area contributed by atoms with Crippen molar-refractivity contribution in [3.05, 3.63) is 34.6 Å². The van der Waals surface area contributed by atoms with Gasteiger partial charge in [-0.3, -0.25) is 0 Å². The zero-order valence-corrected chi connectivity index (χ0v) is 6.60. The summed E-state index contributed by atoms with van der Waals surface area (Å²) in [5.74, 6) is 0. The van der Waals surface area contributed by atoms with E-state index < -0.39 is 0 Å². The number of halogens is 2. The summed E-state index contributed by atoms with van der Waals surface area (Å²) in [6.45, 7) is 0. The number of nitrogens with zero attached hydrogens (tertiary/aromatic N) is 1. The summed E-state index contributed by atoms with van der Waals surface area (Å²) in [6.07, 6.45) is 3.32. The normalized spacial score (nSPS) is 10.6. The van der Waals surface area contributed by atoms with Gasteiger partial charge in [-0.1, -0.05) is 29.3 Å². The SMILES string of the molecule is Cl/C=C/c1cccnc1Cl. The lowest BCUT2D eigenvalue weighted by atomic mass is 10.3. The largest absolute Gasteiger partial charge is 0.244 e. The number of aromatic nitrogens is 1. The molecule has 0 fully saturated rings. The summed E-state index contributed by atoms with van der Waals surface area (Å²) in [6, 6.07) is 3.65. The highest BCUT2D eigenvalue weighted by Crippen LogP contribution is 2.12. The molecule has 10 heavy (non-hydrogen) atoms. The first-order chi connectivity index (χ1) is 4.84. The third kappa shape index (κ3) is 1.72. The fourth-order valence-electron chi connectivity index (χ4n) is 0.591. The third-order valence-corrected chi connectivity index (χ3v) is 1.47. The second-order valence-corrected chi connectivity index (χ2v) is 2.29. The second kappa shape index (κ2) is 3.59. The molecule has 1 aromatic rings. The number of rotatable bonds is 1. The zero-order valence-electron chi connectivity index (χ0n) is 5.09. The molecule has 1 nitrogen and oxygen atoms in total. The molecular formula is C7H5Cl2N. The van der Waals surface area contributed by atoms with Crippen LogP contribution >= 0.6 is 23.2 Å². The predicted molar refractivity (Wildman–Crippen MR) is 44.1 cm³/mol. The Hall–Kier alpha value is -0.530. The van der Waals surface area contributed by atoms with Crippen LogP contribution in [0.1, 0.15) is 5.56 Å². The Bertz CT molecular complexity index is 245. The van der Waals surface area contributed by atoms with Gasteiger partial charge in [0.2, 0.25) is 0 Å². The Morgan fingerprint density at radius 1 is 1.50 bits per heavy atom. The quantitative estimate of drug-likeness (QED) is 0.596. The molecule has 0 bridgehead atoms. The Morgan fingerprint density at radius 3 is 2.90 bits per heavy atom. The van der Waals surface area contributed by atoms with Gasteiger partial charge in [-0.2, -0.15) is 0 Å². The van der Waals surface area contributed by atoms with E-state index >= 15 is 0 Å². The summed E-state index contributed by atoms with van der Waals surface area (Å²) >= 11 is 11.0. The van der Waals surface area contributed by atoms with Crippen LogP contribution in [-0.2, 0) is 0 Å². The van der Waals surface area contributed by atoms with Crippen LogP contribution in [0.4, 0.5) is 0 Å². The van der Waals surface area contributed by atoms with Crippen LogP contribution in [0.25, 0.3) is 6.08 Å². The van der Waals surface area contributed by atoms with Gasteiger partial charge in [0, 0.05) is 17.3 Å². The number of hydrogen-bond donors (Lipinski definition) is 0. The molecule has 3 heteroatoms. The van der Waals surface area contributed by atoms with Crippen LogP contribution in [0.2, 0.25) is 5.15 Å². The fraction of sp³-hybridized carbons (Fsp3) is 0. The predicted octanol–water partition coefficient (Wildman–Crippen LogP) is 2.94. The molecule has 0 aliphatic carbocycles. The van der Waals surface area contributed by atoms with Crippen LogP contribution in [-0.4, -0.2) is 4.98 Å². The Morgan fingerprint density at radius 2 is 2.30 bits per heavy atom. The summed E-state index contributed by atoms with van der Waals surface area (Å²) in [5, 5.41) is 0.472. The highest BCUT2D eigenvalue weighted by atomic mass is 35.5. The lowest BCUT2D eigenvalue weighted by molar-refractivity contribution is 1.32. The third-order valence-electron chi connectivity index (χ3n) is 1.03. The molecule has 0 unspecified atom stereocenters. The van der Waals surface area contributed by atoms with E-state index in [4.69, 9.17) is 23.2 Å². The zero-order chi connectivity index (χ0) is 7.40. The molecule has 0 radical (unpaired) electrons. The summed E-state index contributed by atoms with van der Waals surface area (Å²) in [5.41, 5.74) is 2.24. The fourth-order valence-corrected chi connectivity index (χ4v) is 0.909. The minimum absolute atomic E-state index is 0.472. The van der Waals surface area contributed by atoms with Crippen molar-refractivity contribution in [2.45, 2.75) is 0 Å². The summed E-state index contributed by atoms with van der Waals surface area (Å²) < 4.78 is 0. The Balaban J connectivity index is 3.03. The molecule has 0 aliphatic rings. The van der Waals surface area contributed by atoms with Crippen molar-refractivity contribution >= 4 is 29.3 Å². The molecule has 0 aromatic carbocycles. The average Bonchev–Trinajstić information content (AvgIpc) is 1.94. The first kappa shape index (κ1) is 7.58. The van der Waals surface area contributed by atoms with Crippen molar-refractivity contribution in [2.75, 3.05) is 0 Å².